The van der Waals surface area contributed by atoms with Crippen LogP contribution in [0.15, 0.2) is 6.20 Å². The van der Waals surface area contributed by atoms with E-state index in [2.05, 4.69) is 11.9 Å². The Morgan fingerprint density at radius 2 is 2.20 bits per heavy atom. The van der Waals surface area contributed by atoms with E-state index in [1.54, 1.807) is 0 Å². The van der Waals surface area contributed by atoms with Gasteiger partial charge in [0.15, 0.2) is 0 Å². The third-order valence-corrected chi connectivity index (χ3v) is 4.08. The number of carbonyl (C=O) groups excluding carboxylic acids is 1. The van der Waals surface area contributed by atoms with Crippen molar-refractivity contribution >= 4 is 6.09 Å². The maximum atomic E-state index is 12.4. The van der Waals surface area contributed by atoms with Gasteiger partial charge in [-0.2, -0.15) is 0 Å². The van der Waals surface area contributed by atoms with E-state index in [4.69, 9.17) is 4.74 Å². The van der Waals surface area contributed by atoms with Gasteiger partial charge in [0, 0.05) is 17.5 Å². The van der Waals surface area contributed by atoms with Crippen LogP contribution in [-0.2, 0) is 17.7 Å². The number of hydrogen-bond acceptors (Lipinski definition) is 3. The van der Waals surface area contributed by atoms with Crippen LogP contribution in [0.25, 0.3) is 0 Å². The zero-order valence-corrected chi connectivity index (χ0v) is 12.7. The second-order valence-corrected chi connectivity index (χ2v) is 6.80. The Bertz CT molecular complexity index is 560. The van der Waals surface area contributed by atoms with Crippen molar-refractivity contribution in [2.24, 2.45) is 0 Å². The SMILES string of the molecule is Cc1cnc2c3c1CN(C(=O)OC(C)(C)C)[C@H]3CCC2. The molecule has 108 valence electrons. The summed E-state index contributed by atoms with van der Waals surface area (Å²) in [6.07, 6.45) is 4.87. The molecule has 1 aromatic heterocycles. The van der Waals surface area contributed by atoms with Crippen LogP contribution in [0, 0.1) is 6.92 Å². The van der Waals surface area contributed by atoms with E-state index in [-0.39, 0.29) is 12.1 Å². The van der Waals surface area contributed by atoms with Gasteiger partial charge in [-0.15, -0.1) is 0 Å². The summed E-state index contributed by atoms with van der Waals surface area (Å²) in [5.41, 5.74) is 4.48. The topological polar surface area (TPSA) is 42.4 Å². The Kier molecular flexibility index (Phi) is 3.00. The summed E-state index contributed by atoms with van der Waals surface area (Å²) in [4.78, 5) is 18.9. The van der Waals surface area contributed by atoms with Crippen LogP contribution in [0.2, 0.25) is 0 Å². The molecule has 0 aromatic carbocycles. The fourth-order valence-corrected chi connectivity index (χ4v) is 3.22. The highest BCUT2D eigenvalue weighted by atomic mass is 16.6. The number of pyridine rings is 1. The van der Waals surface area contributed by atoms with E-state index in [9.17, 15) is 4.79 Å². The van der Waals surface area contributed by atoms with Gasteiger partial charge in [-0.25, -0.2) is 4.79 Å². The van der Waals surface area contributed by atoms with Gasteiger partial charge in [-0.1, -0.05) is 0 Å². The summed E-state index contributed by atoms with van der Waals surface area (Å²) in [5.74, 6) is 0. The van der Waals surface area contributed by atoms with Crippen LogP contribution < -0.4 is 0 Å². The molecular formula is C16H22N2O2. The van der Waals surface area contributed by atoms with Crippen molar-refractivity contribution in [3.63, 3.8) is 0 Å². The minimum atomic E-state index is -0.448. The highest BCUT2D eigenvalue weighted by Gasteiger charge is 2.40. The number of hydrogen-bond donors (Lipinski definition) is 0. The van der Waals surface area contributed by atoms with Crippen molar-refractivity contribution in [3.8, 4) is 0 Å². The lowest BCUT2D eigenvalue weighted by Crippen LogP contribution is -2.36. The molecule has 4 nitrogen and oxygen atoms in total. The molecule has 0 radical (unpaired) electrons. The average molecular weight is 274 g/mol. The van der Waals surface area contributed by atoms with Crippen molar-refractivity contribution < 1.29 is 9.53 Å². The van der Waals surface area contributed by atoms with Gasteiger partial charge in [0.2, 0.25) is 0 Å². The van der Waals surface area contributed by atoms with Crippen molar-refractivity contribution in [3.05, 3.63) is 28.6 Å². The van der Waals surface area contributed by atoms with Gasteiger partial charge in [-0.05, 0) is 58.1 Å². The monoisotopic (exact) mass is 274 g/mol. The Morgan fingerprint density at radius 3 is 2.90 bits per heavy atom. The molecule has 0 N–H and O–H groups in total. The summed E-state index contributed by atoms with van der Waals surface area (Å²) < 4.78 is 5.56. The Balaban J connectivity index is 1.93. The molecule has 2 aliphatic rings. The molecule has 0 bridgehead atoms. The Hall–Kier alpha value is -1.58. The van der Waals surface area contributed by atoms with Crippen LogP contribution >= 0.6 is 0 Å². The van der Waals surface area contributed by atoms with Crippen LogP contribution in [0.4, 0.5) is 4.79 Å². The number of nitrogens with zero attached hydrogens (tertiary/aromatic N) is 2. The van der Waals surface area contributed by atoms with Crippen LogP contribution in [-0.4, -0.2) is 21.6 Å². The van der Waals surface area contributed by atoms with Crippen molar-refractivity contribution in [1.29, 1.82) is 0 Å². The van der Waals surface area contributed by atoms with E-state index in [0.29, 0.717) is 6.54 Å². The first-order valence-electron chi connectivity index (χ1n) is 7.33. The third kappa shape index (κ3) is 2.17. The quantitative estimate of drug-likeness (QED) is 0.727. The molecule has 1 aliphatic heterocycles. The zero-order valence-electron chi connectivity index (χ0n) is 12.7. The zero-order chi connectivity index (χ0) is 14.5. The molecule has 1 amide bonds. The van der Waals surface area contributed by atoms with Gasteiger partial charge in [0.25, 0.3) is 0 Å². The molecule has 1 aliphatic carbocycles. The Labute approximate surface area is 120 Å². The average Bonchev–Trinajstić information content (AvgIpc) is 2.74. The largest absolute Gasteiger partial charge is 0.444 e. The van der Waals surface area contributed by atoms with Gasteiger partial charge >= 0.3 is 6.09 Å². The van der Waals surface area contributed by atoms with Crippen molar-refractivity contribution in [2.45, 2.75) is 65.1 Å². The van der Waals surface area contributed by atoms with Gasteiger partial charge < -0.3 is 4.74 Å². The van der Waals surface area contributed by atoms with E-state index in [1.165, 1.54) is 22.4 Å². The maximum absolute atomic E-state index is 12.4. The van der Waals surface area contributed by atoms with E-state index >= 15 is 0 Å². The molecule has 0 unspecified atom stereocenters. The molecule has 1 atom stereocenters. The smallest absolute Gasteiger partial charge is 0.411 e. The van der Waals surface area contributed by atoms with E-state index < -0.39 is 5.60 Å². The van der Waals surface area contributed by atoms with E-state index in [1.807, 2.05) is 31.9 Å². The maximum Gasteiger partial charge on any atom is 0.411 e. The first-order valence-corrected chi connectivity index (χ1v) is 7.33. The first-order chi connectivity index (χ1) is 9.37. The molecule has 3 rings (SSSR count). The van der Waals surface area contributed by atoms with Crippen molar-refractivity contribution in [2.75, 3.05) is 0 Å². The van der Waals surface area contributed by atoms with Crippen LogP contribution in [0.3, 0.4) is 0 Å². The molecular weight excluding hydrogens is 252 g/mol. The predicted molar refractivity (Wildman–Crippen MR) is 76.4 cm³/mol. The van der Waals surface area contributed by atoms with Gasteiger partial charge in [-0.3, -0.25) is 9.88 Å². The second-order valence-electron chi connectivity index (χ2n) is 6.80. The van der Waals surface area contributed by atoms with Crippen LogP contribution in [0.5, 0.6) is 0 Å². The molecule has 2 heterocycles. The molecule has 0 saturated carbocycles. The number of aromatic nitrogens is 1. The summed E-state index contributed by atoms with van der Waals surface area (Å²) in [6, 6.07) is 0.163. The normalized spacial score (nSPS) is 20.8. The second kappa shape index (κ2) is 4.47. The standard InChI is InChI=1S/C16H22N2O2/c1-10-8-17-12-6-5-7-13-14(12)11(10)9-18(13)15(19)20-16(2,3)4/h8,13H,5-7,9H2,1-4H3/t13-/m0/s1. The minimum Gasteiger partial charge on any atom is -0.444 e. The van der Waals surface area contributed by atoms with Crippen LogP contribution in [0.1, 0.15) is 62.0 Å². The minimum absolute atomic E-state index is 0.163. The number of ether oxygens (including phenoxy) is 1. The molecule has 4 heteroatoms. The summed E-state index contributed by atoms with van der Waals surface area (Å²) in [5, 5.41) is 0. The number of amides is 1. The highest BCUT2D eigenvalue weighted by Crippen LogP contribution is 2.43. The number of rotatable bonds is 0. The lowest BCUT2D eigenvalue weighted by atomic mass is 9.89. The fourth-order valence-electron chi connectivity index (χ4n) is 3.22. The number of carbonyl (C=O) groups is 1. The van der Waals surface area contributed by atoms with Gasteiger partial charge in [0.1, 0.15) is 5.60 Å². The molecule has 0 saturated heterocycles. The van der Waals surface area contributed by atoms with Crippen molar-refractivity contribution in [1.82, 2.24) is 9.88 Å². The summed E-state index contributed by atoms with van der Waals surface area (Å²) >= 11 is 0. The summed E-state index contributed by atoms with van der Waals surface area (Å²) in [7, 11) is 0. The molecule has 20 heavy (non-hydrogen) atoms. The number of aryl methyl sites for hydroxylation is 2. The lowest BCUT2D eigenvalue weighted by Gasteiger charge is -2.30. The highest BCUT2D eigenvalue weighted by molar-refractivity contribution is 5.71. The van der Waals surface area contributed by atoms with E-state index in [0.717, 1.165) is 19.3 Å². The van der Waals surface area contributed by atoms with Gasteiger partial charge in [0.05, 0.1) is 12.6 Å². The third-order valence-electron chi connectivity index (χ3n) is 4.08. The summed E-state index contributed by atoms with van der Waals surface area (Å²) in [6.45, 7) is 8.47. The fraction of sp³-hybridized carbons (Fsp3) is 0.625. The molecule has 0 fully saturated rings. The first kappa shape index (κ1) is 13.4. The lowest BCUT2D eigenvalue weighted by molar-refractivity contribution is 0.0158. The predicted octanol–water partition coefficient (Wildman–Crippen LogP) is 3.52. The molecule has 1 aromatic rings. The Morgan fingerprint density at radius 1 is 1.45 bits per heavy atom. The molecule has 0 spiro atoms.